The first-order valence-corrected chi connectivity index (χ1v) is 15.7. The number of aliphatic hydroxyl groups is 3. The molecule has 0 aromatic heterocycles. The van der Waals surface area contributed by atoms with Crippen LogP contribution in [0.5, 0.6) is 0 Å². The Kier molecular flexibility index (Phi) is 12.8. The molecule has 2 aliphatic heterocycles. The third-order valence-corrected chi connectivity index (χ3v) is 9.50. The fourth-order valence-electron chi connectivity index (χ4n) is 5.61. The van der Waals surface area contributed by atoms with Crippen molar-refractivity contribution in [3.63, 3.8) is 0 Å². The summed E-state index contributed by atoms with van der Waals surface area (Å²) >= 11 is 7.77. The summed E-state index contributed by atoms with van der Waals surface area (Å²) in [5, 5.41) is 39.8. The van der Waals surface area contributed by atoms with E-state index < -0.39 is 59.2 Å². The van der Waals surface area contributed by atoms with Crippen molar-refractivity contribution in [2.24, 2.45) is 11.8 Å². The molecule has 38 heavy (non-hydrogen) atoms. The molecule has 3 aliphatic rings. The number of carbonyl (C=O) groups excluding carboxylic acids is 1. The van der Waals surface area contributed by atoms with Gasteiger partial charge in [0.2, 0.25) is 5.91 Å². The van der Waals surface area contributed by atoms with Gasteiger partial charge in [-0.25, -0.2) is 8.78 Å². The number of aliphatic hydroxyl groups excluding tert-OH is 3. The van der Waals surface area contributed by atoms with Crippen molar-refractivity contribution in [3.8, 4) is 0 Å². The summed E-state index contributed by atoms with van der Waals surface area (Å²) in [6.45, 7) is 2.67. The summed E-state index contributed by atoms with van der Waals surface area (Å²) in [4.78, 5) is 13.2. The van der Waals surface area contributed by atoms with Crippen LogP contribution in [0.2, 0.25) is 0 Å². The second-order valence-corrected chi connectivity index (χ2v) is 12.9. The molecule has 0 radical (unpaired) electrons. The lowest BCUT2D eigenvalue weighted by Crippen LogP contribution is -2.59. The molecule has 1 saturated carbocycles. The third kappa shape index (κ3) is 8.86. The average Bonchev–Trinajstić information content (AvgIpc) is 3.12. The van der Waals surface area contributed by atoms with E-state index in [2.05, 4.69) is 16.0 Å². The molecule has 0 spiro atoms. The van der Waals surface area contributed by atoms with E-state index in [1.54, 1.807) is 6.92 Å². The Balaban J connectivity index is 1.46. The summed E-state index contributed by atoms with van der Waals surface area (Å²) in [5.41, 5.74) is -0.465. The summed E-state index contributed by atoms with van der Waals surface area (Å²) in [6, 6.07) is -1.22. The maximum Gasteiger partial charge on any atom is 0.263 e. The van der Waals surface area contributed by atoms with Crippen molar-refractivity contribution in [3.05, 3.63) is 0 Å². The molecule has 2 saturated heterocycles. The quantitative estimate of drug-likeness (QED) is 0.152. The lowest BCUT2D eigenvalue weighted by molar-refractivity contribution is -0.130. The van der Waals surface area contributed by atoms with Crippen molar-refractivity contribution in [2.75, 3.05) is 25.9 Å². The summed E-state index contributed by atoms with van der Waals surface area (Å²) in [7, 11) is 0. The van der Waals surface area contributed by atoms with E-state index in [0.717, 1.165) is 32.1 Å². The van der Waals surface area contributed by atoms with Gasteiger partial charge in [-0.2, -0.15) is 0 Å². The molecular weight excluding hydrogens is 540 g/mol. The Labute approximate surface area is 234 Å². The third-order valence-electron chi connectivity index (χ3n) is 8.40. The maximum atomic E-state index is 14.0. The molecular formula is C26H46ClF2N3O5S. The Hall–Kier alpha value is -0.270. The van der Waals surface area contributed by atoms with Crippen LogP contribution in [0, 0.1) is 11.8 Å². The number of thioether (sulfide) groups is 1. The number of rotatable bonds is 12. The fraction of sp³-hybridized carbons (Fsp3) is 0.962. The van der Waals surface area contributed by atoms with E-state index in [4.69, 9.17) is 16.3 Å². The Morgan fingerprint density at radius 3 is 2.55 bits per heavy atom. The van der Waals surface area contributed by atoms with Gasteiger partial charge in [0.05, 0.1) is 30.1 Å². The lowest BCUT2D eigenvalue weighted by atomic mass is 9.80. The minimum Gasteiger partial charge on any atom is -0.390 e. The molecule has 6 N–H and O–H groups in total. The molecule has 12 heteroatoms. The molecule has 8 nitrogen and oxygen atoms in total. The highest BCUT2D eigenvalue weighted by Crippen LogP contribution is 2.39. The molecule has 3 fully saturated rings. The summed E-state index contributed by atoms with van der Waals surface area (Å²) in [6.07, 6.45) is 3.24. The molecule has 0 bridgehead atoms. The first kappa shape index (κ1) is 32.2. The second-order valence-electron chi connectivity index (χ2n) is 11.2. The van der Waals surface area contributed by atoms with E-state index in [1.165, 1.54) is 11.8 Å². The van der Waals surface area contributed by atoms with Gasteiger partial charge in [-0.1, -0.05) is 6.42 Å². The topological polar surface area (TPSA) is 123 Å². The predicted octanol–water partition coefficient (Wildman–Crippen LogP) is 2.22. The van der Waals surface area contributed by atoms with E-state index >= 15 is 0 Å². The number of nitrogens with one attached hydrogen (secondary N) is 3. The SMILES string of the molecule is CSC1CC(O)C(O)C(O)C([C@H](NC(=O)[C@@H]2CC[C@H](CCCNCC(F)(F)C3CCC3)CCN2)[C@H](C)Cl)O1. The molecule has 2 heterocycles. The Bertz CT molecular complexity index is 739. The highest BCUT2D eigenvalue weighted by molar-refractivity contribution is 7.99. The highest BCUT2D eigenvalue weighted by atomic mass is 35.5. The van der Waals surface area contributed by atoms with Crippen molar-refractivity contribution < 1.29 is 33.6 Å². The number of halogens is 3. The maximum absolute atomic E-state index is 14.0. The number of hydrogen-bond donors (Lipinski definition) is 6. The van der Waals surface area contributed by atoms with E-state index in [0.29, 0.717) is 38.3 Å². The lowest BCUT2D eigenvalue weighted by Gasteiger charge is -2.35. The largest absolute Gasteiger partial charge is 0.390 e. The predicted molar refractivity (Wildman–Crippen MR) is 146 cm³/mol. The van der Waals surface area contributed by atoms with E-state index in [1.807, 2.05) is 6.26 Å². The van der Waals surface area contributed by atoms with E-state index in [9.17, 15) is 28.9 Å². The van der Waals surface area contributed by atoms with Crippen LogP contribution >= 0.6 is 23.4 Å². The van der Waals surface area contributed by atoms with Gasteiger partial charge < -0.3 is 36.0 Å². The number of hydrogen-bond acceptors (Lipinski definition) is 8. The van der Waals surface area contributed by atoms with Gasteiger partial charge in [0.25, 0.3) is 5.92 Å². The molecule has 5 unspecified atom stereocenters. The van der Waals surface area contributed by atoms with Gasteiger partial charge in [-0.05, 0) is 77.1 Å². The second kappa shape index (κ2) is 15.1. The zero-order chi connectivity index (χ0) is 27.9. The number of carbonyl (C=O) groups is 1. The van der Waals surface area contributed by atoms with Gasteiger partial charge in [0, 0.05) is 12.3 Å². The Morgan fingerprint density at radius 1 is 1.18 bits per heavy atom. The average molecular weight is 586 g/mol. The van der Waals surface area contributed by atoms with Crippen LogP contribution in [0.4, 0.5) is 8.78 Å². The van der Waals surface area contributed by atoms with Gasteiger partial charge in [-0.3, -0.25) is 4.79 Å². The van der Waals surface area contributed by atoms with Crippen molar-refractivity contribution in [1.82, 2.24) is 16.0 Å². The summed E-state index contributed by atoms with van der Waals surface area (Å²) in [5.74, 6) is -2.93. The van der Waals surface area contributed by atoms with Crippen LogP contribution in [0.3, 0.4) is 0 Å². The van der Waals surface area contributed by atoms with Crippen LogP contribution in [0.1, 0.15) is 64.7 Å². The molecule has 0 aromatic carbocycles. The minimum atomic E-state index is -2.62. The number of ether oxygens (including phenoxy) is 1. The Morgan fingerprint density at radius 2 is 1.92 bits per heavy atom. The summed E-state index contributed by atoms with van der Waals surface area (Å²) < 4.78 is 34.1. The first-order chi connectivity index (χ1) is 18.0. The van der Waals surface area contributed by atoms with Crippen LogP contribution in [0.25, 0.3) is 0 Å². The van der Waals surface area contributed by atoms with Crippen molar-refractivity contribution >= 4 is 29.3 Å². The first-order valence-electron chi connectivity index (χ1n) is 14.0. The molecule has 222 valence electrons. The molecule has 3 rings (SSSR count). The van der Waals surface area contributed by atoms with Crippen LogP contribution < -0.4 is 16.0 Å². The molecule has 9 atom stereocenters. The monoisotopic (exact) mass is 585 g/mol. The smallest absolute Gasteiger partial charge is 0.263 e. The van der Waals surface area contributed by atoms with Crippen molar-refractivity contribution in [2.45, 2.75) is 118 Å². The molecule has 1 aliphatic carbocycles. The zero-order valence-corrected chi connectivity index (χ0v) is 24.0. The fourth-order valence-corrected chi connectivity index (χ4v) is 6.45. The molecule has 1 amide bonds. The number of alkyl halides is 3. The van der Waals surface area contributed by atoms with Gasteiger partial charge >= 0.3 is 0 Å². The standard InChI is InChI=1S/C26H46ClF2N3O5S/c1-15(27)21(24-23(35)22(34)19(33)13-20(37-24)38-2)32-25(36)18-9-8-16(10-12-31-18)5-4-11-30-14-26(28,29)17-6-3-7-17/h15-24,30-31,33-35H,3-14H2,1-2H3,(H,32,36)/t15-,16-,18-,19?,20?,21+,22?,23?,24?/m0/s1. The molecule has 0 aromatic rings. The van der Waals surface area contributed by atoms with Crippen LogP contribution in [0.15, 0.2) is 0 Å². The van der Waals surface area contributed by atoms with E-state index in [-0.39, 0.29) is 18.9 Å². The number of amides is 1. The van der Waals surface area contributed by atoms with Crippen LogP contribution in [-0.4, -0.2) is 100 Å². The van der Waals surface area contributed by atoms with Gasteiger partial charge in [0.1, 0.15) is 23.7 Å². The van der Waals surface area contributed by atoms with Crippen LogP contribution in [-0.2, 0) is 9.53 Å². The van der Waals surface area contributed by atoms with Crippen molar-refractivity contribution in [1.29, 1.82) is 0 Å². The minimum absolute atomic E-state index is 0.150. The highest BCUT2D eigenvalue weighted by Gasteiger charge is 2.45. The normalized spacial score (nSPS) is 35.0. The zero-order valence-electron chi connectivity index (χ0n) is 22.5. The van der Waals surface area contributed by atoms with Gasteiger partial charge in [0.15, 0.2) is 0 Å². The van der Waals surface area contributed by atoms with Gasteiger partial charge in [-0.15, -0.1) is 23.4 Å².